The largest absolute Gasteiger partial charge is 0.383 e. The highest BCUT2D eigenvalue weighted by molar-refractivity contribution is 5.84. The van der Waals surface area contributed by atoms with Crippen LogP contribution in [0.1, 0.15) is 32.6 Å². The predicted molar refractivity (Wildman–Crippen MR) is 79.2 cm³/mol. The Kier molecular flexibility index (Phi) is 11.0. The van der Waals surface area contributed by atoms with E-state index in [9.17, 15) is 9.59 Å². The average Bonchev–Trinajstić information content (AvgIpc) is 2.43. The zero-order valence-corrected chi connectivity index (χ0v) is 13.0. The number of hydrogen-bond acceptors (Lipinski definition) is 4. The smallest absolute Gasteiger partial charge is 0.239 e. The van der Waals surface area contributed by atoms with Gasteiger partial charge in [-0.3, -0.25) is 9.59 Å². The molecule has 0 saturated carbocycles. The molecule has 0 bridgehead atoms. The normalized spacial score (nSPS) is 12.0. The zero-order valence-electron chi connectivity index (χ0n) is 13.0. The van der Waals surface area contributed by atoms with Gasteiger partial charge in [-0.25, -0.2) is 0 Å². The van der Waals surface area contributed by atoms with Crippen molar-refractivity contribution in [3.63, 3.8) is 0 Å². The average molecular weight is 287 g/mol. The van der Waals surface area contributed by atoms with Crippen molar-refractivity contribution in [3.8, 4) is 0 Å². The highest BCUT2D eigenvalue weighted by Gasteiger charge is 2.14. The monoisotopic (exact) mass is 287 g/mol. The summed E-state index contributed by atoms with van der Waals surface area (Å²) in [4.78, 5) is 24.9. The molecule has 6 heteroatoms. The Morgan fingerprint density at radius 2 is 2.05 bits per heavy atom. The number of carbonyl (C=O) groups is 2. The van der Waals surface area contributed by atoms with E-state index in [1.165, 1.54) is 4.90 Å². The predicted octanol–water partition coefficient (Wildman–Crippen LogP) is 0.363. The Labute approximate surface area is 122 Å². The fourth-order valence-corrected chi connectivity index (χ4v) is 1.96. The minimum atomic E-state index is -0.160. The lowest BCUT2D eigenvalue weighted by Gasteiger charge is -2.19. The molecule has 0 heterocycles. The maximum absolute atomic E-state index is 11.9. The summed E-state index contributed by atoms with van der Waals surface area (Å²) in [5, 5.41) is 2.69. The third-order valence-corrected chi connectivity index (χ3v) is 3.35. The number of nitrogens with two attached hydrogens (primary N) is 1. The van der Waals surface area contributed by atoms with Crippen molar-refractivity contribution in [2.45, 2.75) is 32.6 Å². The SMILES string of the molecule is CCC(CCN)CCC(=O)N(C)CC(=O)NCCOC. The maximum atomic E-state index is 11.9. The van der Waals surface area contributed by atoms with E-state index >= 15 is 0 Å². The van der Waals surface area contributed by atoms with Crippen molar-refractivity contribution in [2.75, 3.05) is 40.4 Å². The summed E-state index contributed by atoms with van der Waals surface area (Å²) in [7, 11) is 3.23. The molecule has 0 fully saturated rings. The van der Waals surface area contributed by atoms with Gasteiger partial charge in [0.2, 0.25) is 11.8 Å². The van der Waals surface area contributed by atoms with Crippen molar-refractivity contribution in [1.29, 1.82) is 0 Å². The van der Waals surface area contributed by atoms with Gasteiger partial charge in [0, 0.05) is 27.1 Å². The van der Waals surface area contributed by atoms with E-state index in [0.717, 1.165) is 19.3 Å². The van der Waals surface area contributed by atoms with Gasteiger partial charge in [-0.2, -0.15) is 0 Å². The third kappa shape index (κ3) is 8.87. The molecule has 20 heavy (non-hydrogen) atoms. The first-order valence-electron chi connectivity index (χ1n) is 7.24. The molecule has 2 amide bonds. The number of rotatable bonds is 11. The maximum Gasteiger partial charge on any atom is 0.239 e. The van der Waals surface area contributed by atoms with Crippen LogP contribution in [0.5, 0.6) is 0 Å². The van der Waals surface area contributed by atoms with E-state index in [4.69, 9.17) is 10.5 Å². The number of methoxy groups -OCH3 is 1. The lowest BCUT2D eigenvalue weighted by atomic mass is 9.96. The molecule has 0 rings (SSSR count). The summed E-state index contributed by atoms with van der Waals surface area (Å²) in [6.45, 7) is 3.80. The highest BCUT2D eigenvalue weighted by Crippen LogP contribution is 2.15. The Morgan fingerprint density at radius 3 is 2.60 bits per heavy atom. The van der Waals surface area contributed by atoms with Crippen LogP contribution in [0.3, 0.4) is 0 Å². The van der Waals surface area contributed by atoms with Gasteiger partial charge in [-0.05, 0) is 25.3 Å². The minimum Gasteiger partial charge on any atom is -0.383 e. The van der Waals surface area contributed by atoms with E-state index in [1.807, 2.05) is 0 Å². The zero-order chi connectivity index (χ0) is 15.4. The van der Waals surface area contributed by atoms with Gasteiger partial charge < -0.3 is 20.7 Å². The van der Waals surface area contributed by atoms with Gasteiger partial charge in [0.15, 0.2) is 0 Å². The molecule has 0 aliphatic carbocycles. The van der Waals surface area contributed by atoms with Crippen molar-refractivity contribution in [2.24, 2.45) is 11.7 Å². The quantitative estimate of drug-likeness (QED) is 0.537. The molecule has 0 aliphatic heterocycles. The van der Waals surface area contributed by atoms with Crippen molar-refractivity contribution >= 4 is 11.8 Å². The molecular formula is C14H29N3O3. The van der Waals surface area contributed by atoms with Gasteiger partial charge in [0.25, 0.3) is 0 Å². The Hall–Kier alpha value is -1.14. The van der Waals surface area contributed by atoms with E-state index in [0.29, 0.717) is 32.0 Å². The summed E-state index contributed by atoms with van der Waals surface area (Å²) < 4.78 is 4.84. The van der Waals surface area contributed by atoms with Crippen LogP contribution in [-0.2, 0) is 14.3 Å². The number of likely N-dealkylation sites (N-methyl/N-ethyl adjacent to an activating group) is 1. The summed E-state index contributed by atoms with van der Waals surface area (Å²) in [6, 6.07) is 0. The summed E-state index contributed by atoms with van der Waals surface area (Å²) in [5.41, 5.74) is 5.54. The minimum absolute atomic E-state index is 0.00219. The van der Waals surface area contributed by atoms with Crippen molar-refractivity contribution in [3.05, 3.63) is 0 Å². The molecule has 0 spiro atoms. The molecule has 3 N–H and O–H groups in total. The van der Waals surface area contributed by atoms with Crippen LogP contribution < -0.4 is 11.1 Å². The van der Waals surface area contributed by atoms with E-state index < -0.39 is 0 Å². The van der Waals surface area contributed by atoms with Gasteiger partial charge in [0.05, 0.1) is 13.2 Å². The van der Waals surface area contributed by atoms with Crippen LogP contribution >= 0.6 is 0 Å². The molecule has 0 aliphatic rings. The van der Waals surface area contributed by atoms with E-state index in [2.05, 4.69) is 12.2 Å². The van der Waals surface area contributed by atoms with Crippen molar-refractivity contribution < 1.29 is 14.3 Å². The lowest BCUT2D eigenvalue weighted by Crippen LogP contribution is -2.39. The fourth-order valence-electron chi connectivity index (χ4n) is 1.96. The van der Waals surface area contributed by atoms with Crippen LogP contribution in [0, 0.1) is 5.92 Å². The Bertz CT molecular complexity index is 285. The van der Waals surface area contributed by atoms with Crippen LogP contribution in [0.25, 0.3) is 0 Å². The van der Waals surface area contributed by atoms with E-state index in [1.54, 1.807) is 14.2 Å². The number of nitrogens with one attached hydrogen (secondary N) is 1. The van der Waals surface area contributed by atoms with E-state index in [-0.39, 0.29) is 18.4 Å². The first-order chi connectivity index (χ1) is 9.54. The molecule has 1 unspecified atom stereocenters. The number of nitrogens with zero attached hydrogens (tertiary/aromatic N) is 1. The van der Waals surface area contributed by atoms with Crippen LogP contribution in [0.4, 0.5) is 0 Å². The van der Waals surface area contributed by atoms with Crippen molar-refractivity contribution in [1.82, 2.24) is 10.2 Å². The van der Waals surface area contributed by atoms with Crippen LogP contribution in [0.2, 0.25) is 0 Å². The molecule has 0 aromatic rings. The molecule has 6 nitrogen and oxygen atoms in total. The Balaban J connectivity index is 3.93. The van der Waals surface area contributed by atoms with Gasteiger partial charge in [0.1, 0.15) is 0 Å². The standard InChI is InChI=1S/C14H29N3O3/c1-4-12(7-8-15)5-6-14(19)17(2)11-13(18)16-9-10-20-3/h12H,4-11,15H2,1-3H3,(H,16,18). The highest BCUT2D eigenvalue weighted by atomic mass is 16.5. The fraction of sp³-hybridized carbons (Fsp3) is 0.857. The number of amides is 2. The molecule has 1 atom stereocenters. The second-order valence-electron chi connectivity index (χ2n) is 4.98. The van der Waals surface area contributed by atoms with Gasteiger partial charge in [-0.15, -0.1) is 0 Å². The molecular weight excluding hydrogens is 258 g/mol. The Morgan fingerprint density at radius 1 is 1.35 bits per heavy atom. The summed E-state index contributed by atoms with van der Waals surface area (Å²) >= 11 is 0. The van der Waals surface area contributed by atoms with Gasteiger partial charge in [-0.1, -0.05) is 13.3 Å². The number of hydrogen-bond donors (Lipinski definition) is 2. The van der Waals surface area contributed by atoms with Crippen LogP contribution in [0.15, 0.2) is 0 Å². The molecule has 0 saturated heterocycles. The topological polar surface area (TPSA) is 84.7 Å². The first kappa shape index (κ1) is 18.9. The second kappa shape index (κ2) is 11.7. The second-order valence-corrected chi connectivity index (χ2v) is 4.98. The summed E-state index contributed by atoms with van der Waals surface area (Å²) in [6.07, 6.45) is 3.29. The number of ether oxygens (including phenoxy) is 1. The lowest BCUT2D eigenvalue weighted by molar-refractivity contribution is -0.135. The van der Waals surface area contributed by atoms with Gasteiger partial charge >= 0.3 is 0 Å². The number of carbonyl (C=O) groups excluding carboxylic acids is 2. The molecule has 0 radical (unpaired) electrons. The molecule has 0 aromatic heterocycles. The summed E-state index contributed by atoms with van der Waals surface area (Å²) in [5.74, 6) is 0.335. The molecule has 118 valence electrons. The molecule has 0 aromatic carbocycles. The first-order valence-corrected chi connectivity index (χ1v) is 7.24. The van der Waals surface area contributed by atoms with Crippen LogP contribution in [-0.4, -0.2) is 57.1 Å². The third-order valence-electron chi connectivity index (χ3n) is 3.35.